The zero-order valence-corrected chi connectivity index (χ0v) is 11.0. The Hall–Kier alpha value is -1.26. The molecule has 0 radical (unpaired) electrons. The molecule has 0 amide bonds. The molecule has 0 aliphatic carbocycles. The van der Waals surface area contributed by atoms with Gasteiger partial charge < -0.3 is 19.3 Å². The fourth-order valence-corrected chi connectivity index (χ4v) is 2.78. The van der Waals surface area contributed by atoms with Gasteiger partial charge in [-0.15, -0.1) is 0 Å². The van der Waals surface area contributed by atoms with Crippen LogP contribution in [-0.2, 0) is 4.74 Å². The highest BCUT2D eigenvalue weighted by atomic mass is 16.6. The highest BCUT2D eigenvalue weighted by molar-refractivity contribution is 5.48. The van der Waals surface area contributed by atoms with E-state index >= 15 is 0 Å². The molecule has 1 fully saturated rings. The first-order chi connectivity index (χ1) is 9.34. The second-order valence-electron chi connectivity index (χ2n) is 5.18. The predicted octanol–water partition coefficient (Wildman–Crippen LogP) is 2.31. The Kier molecular flexibility index (Phi) is 3.89. The average Bonchev–Trinajstić information content (AvgIpc) is 2.47. The van der Waals surface area contributed by atoms with Gasteiger partial charge in [0.1, 0.15) is 13.2 Å². The molecule has 4 nitrogen and oxygen atoms in total. The van der Waals surface area contributed by atoms with Crippen LogP contribution in [-0.4, -0.2) is 31.5 Å². The third-order valence-electron chi connectivity index (χ3n) is 3.85. The van der Waals surface area contributed by atoms with Crippen LogP contribution in [0.25, 0.3) is 0 Å². The molecule has 0 spiro atoms. The summed E-state index contributed by atoms with van der Waals surface area (Å²) >= 11 is 0. The summed E-state index contributed by atoms with van der Waals surface area (Å²) in [6.45, 7) is 2.74. The van der Waals surface area contributed by atoms with Crippen molar-refractivity contribution in [3.8, 4) is 11.5 Å². The van der Waals surface area contributed by atoms with Crippen LogP contribution in [0.15, 0.2) is 18.2 Å². The molecular formula is C15H20O4. The zero-order chi connectivity index (χ0) is 13.1. The molecular weight excluding hydrogens is 244 g/mol. The first kappa shape index (κ1) is 12.8. The van der Waals surface area contributed by atoms with Gasteiger partial charge >= 0.3 is 0 Å². The molecule has 1 unspecified atom stereocenters. The van der Waals surface area contributed by atoms with E-state index in [0.29, 0.717) is 24.9 Å². The number of hydrogen-bond donors (Lipinski definition) is 1. The summed E-state index contributed by atoms with van der Waals surface area (Å²) in [6, 6.07) is 5.73. The number of hydrogen-bond acceptors (Lipinski definition) is 4. The van der Waals surface area contributed by atoms with Gasteiger partial charge in [-0.05, 0) is 31.2 Å². The van der Waals surface area contributed by atoms with E-state index in [-0.39, 0.29) is 0 Å². The van der Waals surface area contributed by atoms with Crippen LogP contribution >= 0.6 is 0 Å². The summed E-state index contributed by atoms with van der Waals surface area (Å²) in [5.74, 6) is 1.99. The van der Waals surface area contributed by atoms with E-state index in [9.17, 15) is 5.11 Å². The number of aliphatic hydroxyl groups excluding tert-OH is 1. The summed E-state index contributed by atoms with van der Waals surface area (Å²) in [6.07, 6.45) is 2.34. The number of aliphatic hydroxyl groups is 1. The molecule has 2 aliphatic rings. The van der Waals surface area contributed by atoms with Gasteiger partial charge in [-0.2, -0.15) is 0 Å². The minimum atomic E-state index is -0.486. The Labute approximate surface area is 113 Å². The lowest BCUT2D eigenvalue weighted by molar-refractivity contribution is 0.0424. The first-order valence-corrected chi connectivity index (χ1v) is 6.99. The standard InChI is InChI=1S/C15H20O4/c16-13(10-11-4-6-17-7-5-11)12-2-1-3-14-15(12)19-9-8-18-14/h1-3,11,13,16H,4-10H2. The molecule has 1 aromatic rings. The number of benzene rings is 1. The van der Waals surface area contributed by atoms with Gasteiger partial charge in [0.2, 0.25) is 0 Å². The van der Waals surface area contributed by atoms with Crippen LogP contribution in [0, 0.1) is 5.92 Å². The Bertz CT molecular complexity index is 426. The Morgan fingerprint density at radius 1 is 1.11 bits per heavy atom. The minimum absolute atomic E-state index is 0.486. The van der Waals surface area contributed by atoms with Crippen LogP contribution in [0.3, 0.4) is 0 Å². The highest BCUT2D eigenvalue weighted by Gasteiger charge is 2.24. The molecule has 0 bridgehead atoms. The summed E-state index contributed by atoms with van der Waals surface area (Å²) in [7, 11) is 0. The van der Waals surface area contributed by atoms with Gasteiger partial charge in [0.15, 0.2) is 11.5 Å². The third-order valence-corrected chi connectivity index (χ3v) is 3.85. The van der Waals surface area contributed by atoms with E-state index in [1.54, 1.807) is 0 Å². The van der Waals surface area contributed by atoms with Crippen LogP contribution in [0.5, 0.6) is 11.5 Å². The smallest absolute Gasteiger partial charge is 0.167 e. The van der Waals surface area contributed by atoms with E-state index in [0.717, 1.165) is 43.8 Å². The van der Waals surface area contributed by atoms with Gasteiger partial charge in [-0.1, -0.05) is 12.1 Å². The van der Waals surface area contributed by atoms with Gasteiger partial charge in [-0.25, -0.2) is 0 Å². The van der Waals surface area contributed by atoms with Crippen molar-refractivity contribution in [3.63, 3.8) is 0 Å². The van der Waals surface area contributed by atoms with Gasteiger partial charge in [0.25, 0.3) is 0 Å². The third kappa shape index (κ3) is 2.85. The summed E-state index contributed by atoms with van der Waals surface area (Å²) in [5, 5.41) is 10.5. The van der Waals surface area contributed by atoms with Crippen molar-refractivity contribution in [2.75, 3.05) is 26.4 Å². The number of fused-ring (bicyclic) bond motifs is 1. The fourth-order valence-electron chi connectivity index (χ4n) is 2.78. The maximum absolute atomic E-state index is 10.5. The molecule has 1 N–H and O–H groups in total. The average molecular weight is 264 g/mol. The largest absolute Gasteiger partial charge is 0.486 e. The molecule has 104 valence electrons. The molecule has 4 heteroatoms. The number of ether oxygens (including phenoxy) is 3. The Morgan fingerprint density at radius 2 is 1.89 bits per heavy atom. The van der Waals surface area contributed by atoms with Crippen molar-refractivity contribution in [1.29, 1.82) is 0 Å². The van der Waals surface area contributed by atoms with Crippen LogP contribution in [0.1, 0.15) is 30.9 Å². The predicted molar refractivity (Wildman–Crippen MR) is 70.6 cm³/mol. The fraction of sp³-hybridized carbons (Fsp3) is 0.600. The normalized spacial score (nSPS) is 21.1. The SMILES string of the molecule is OC(CC1CCOCC1)c1cccc2c1OCCO2. The Morgan fingerprint density at radius 3 is 2.74 bits per heavy atom. The van der Waals surface area contributed by atoms with Crippen molar-refractivity contribution in [3.05, 3.63) is 23.8 Å². The molecule has 1 aromatic carbocycles. The second-order valence-corrected chi connectivity index (χ2v) is 5.18. The second kappa shape index (κ2) is 5.80. The van der Waals surface area contributed by atoms with Crippen LogP contribution < -0.4 is 9.47 Å². The molecule has 0 aromatic heterocycles. The van der Waals surface area contributed by atoms with E-state index in [2.05, 4.69) is 0 Å². The molecule has 19 heavy (non-hydrogen) atoms. The summed E-state index contributed by atoms with van der Waals surface area (Å²) in [4.78, 5) is 0. The van der Waals surface area contributed by atoms with Gasteiger partial charge in [-0.3, -0.25) is 0 Å². The Balaban J connectivity index is 1.73. The molecule has 3 rings (SSSR count). The van der Waals surface area contributed by atoms with Gasteiger partial charge in [0, 0.05) is 18.8 Å². The number of para-hydroxylation sites is 1. The molecule has 2 heterocycles. The zero-order valence-electron chi connectivity index (χ0n) is 11.0. The maximum atomic E-state index is 10.5. The van der Waals surface area contributed by atoms with E-state index in [4.69, 9.17) is 14.2 Å². The monoisotopic (exact) mass is 264 g/mol. The first-order valence-electron chi connectivity index (χ1n) is 6.99. The van der Waals surface area contributed by atoms with Crippen LogP contribution in [0.4, 0.5) is 0 Å². The van der Waals surface area contributed by atoms with Crippen LogP contribution in [0.2, 0.25) is 0 Å². The number of rotatable bonds is 3. The highest BCUT2D eigenvalue weighted by Crippen LogP contribution is 2.39. The molecule has 1 saturated heterocycles. The van der Waals surface area contributed by atoms with Crippen molar-refractivity contribution in [2.45, 2.75) is 25.4 Å². The van der Waals surface area contributed by atoms with Crippen molar-refractivity contribution in [1.82, 2.24) is 0 Å². The van der Waals surface area contributed by atoms with E-state index < -0.39 is 6.10 Å². The topological polar surface area (TPSA) is 47.9 Å². The lowest BCUT2D eigenvalue weighted by Crippen LogP contribution is -2.20. The van der Waals surface area contributed by atoms with E-state index in [1.165, 1.54) is 0 Å². The summed E-state index contributed by atoms with van der Waals surface area (Å²) in [5.41, 5.74) is 0.851. The van der Waals surface area contributed by atoms with Crippen molar-refractivity contribution < 1.29 is 19.3 Å². The lowest BCUT2D eigenvalue weighted by atomic mass is 9.90. The van der Waals surface area contributed by atoms with E-state index in [1.807, 2.05) is 18.2 Å². The quantitative estimate of drug-likeness (QED) is 0.910. The van der Waals surface area contributed by atoms with Crippen molar-refractivity contribution >= 4 is 0 Å². The van der Waals surface area contributed by atoms with Crippen molar-refractivity contribution in [2.24, 2.45) is 5.92 Å². The molecule has 1 atom stereocenters. The molecule has 2 aliphatic heterocycles. The molecule has 0 saturated carbocycles. The minimum Gasteiger partial charge on any atom is -0.486 e. The maximum Gasteiger partial charge on any atom is 0.167 e. The lowest BCUT2D eigenvalue weighted by Gasteiger charge is -2.27. The van der Waals surface area contributed by atoms with Gasteiger partial charge in [0.05, 0.1) is 6.10 Å². The summed E-state index contributed by atoms with van der Waals surface area (Å²) < 4.78 is 16.6.